The zero-order valence-corrected chi connectivity index (χ0v) is 30.4. The van der Waals surface area contributed by atoms with Crippen LogP contribution in [0, 0.1) is 17.0 Å². The molecule has 2 aromatic heterocycles. The van der Waals surface area contributed by atoms with Crippen molar-refractivity contribution >= 4 is 26.8 Å². The number of aromatic amines is 1. The van der Waals surface area contributed by atoms with E-state index in [-0.39, 0.29) is 53.2 Å². The normalized spacial score (nSPS) is 19.0. The van der Waals surface area contributed by atoms with E-state index in [9.17, 15) is 13.2 Å². The fraction of sp³-hybridized carbons (Fsp3) is 0.421. The number of nitrogens with one attached hydrogen (secondary N) is 1. The number of halogens is 2. The highest BCUT2D eigenvalue weighted by molar-refractivity contribution is 7.91. The maximum Gasteiger partial charge on any atom is 0.306 e. The number of fused-ring (bicyclic) bond motifs is 8. The minimum atomic E-state index is -3.61. The lowest BCUT2D eigenvalue weighted by Gasteiger charge is -2.30. The molecule has 3 aromatic carbocycles. The average Bonchev–Trinajstić information content (AvgIpc) is 3.70. The quantitative estimate of drug-likeness (QED) is 0.186. The van der Waals surface area contributed by atoms with Gasteiger partial charge in [0.2, 0.25) is 0 Å². The van der Waals surface area contributed by atoms with Crippen LogP contribution in [0.3, 0.4) is 0 Å². The number of hydrogen-bond acceptors (Lipinski definition) is 8. The highest BCUT2D eigenvalue weighted by Gasteiger charge is 2.36. The second-order valence-electron chi connectivity index (χ2n) is 14.3. The van der Waals surface area contributed by atoms with Gasteiger partial charge in [-0.15, -0.1) is 0 Å². The minimum absolute atomic E-state index is 0.0296. The number of H-pyrrole nitrogens is 1. The van der Waals surface area contributed by atoms with E-state index in [1.165, 1.54) is 35.3 Å². The lowest BCUT2D eigenvalue weighted by Crippen LogP contribution is -2.29. The standard InChI is InChI=1S/C38H43F2N5O5S/c1-6-49-32(46)14-11-24-9-7-10-25(19-24)38(4)17-8-16-37(2,3)22-51(47,48)18-15-27-33-31(41-23-42-33)21-30(40)34(27)50-26-12-13-29(39)28(20-26)35-43-36(38)44-45(35)5/h7,9-10,12-13,19-21,23H,6,8,11,14-18,22H2,1-5H3,(H,41,42). The van der Waals surface area contributed by atoms with Crippen LogP contribution in [0.25, 0.3) is 22.4 Å². The summed E-state index contributed by atoms with van der Waals surface area (Å²) in [7, 11) is -1.92. The van der Waals surface area contributed by atoms with Crippen molar-refractivity contribution in [3.8, 4) is 22.9 Å². The van der Waals surface area contributed by atoms with E-state index in [1.807, 2.05) is 45.0 Å². The van der Waals surface area contributed by atoms with Crippen molar-refractivity contribution in [2.45, 2.75) is 71.6 Å². The number of carbonyl (C=O) groups excluding carboxylic acids is 1. The Kier molecular flexibility index (Phi) is 10.0. The summed E-state index contributed by atoms with van der Waals surface area (Å²) >= 11 is 0. The van der Waals surface area contributed by atoms with Crippen LogP contribution >= 0.6 is 0 Å². The highest BCUT2D eigenvalue weighted by Crippen LogP contribution is 2.40. The number of hydrogen-bond donors (Lipinski definition) is 1. The third-order valence-corrected chi connectivity index (χ3v) is 11.7. The van der Waals surface area contributed by atoms with E-state index in [2.05, 4.69) is 9.97 Å². The Bertz CT molecular complexity index is 2200. The van der Waals surface area contributed by atoms with Crippen LogP contribution in [0.15, 0.2) is 54.9 Å². The molecular weight excluding hydrogens is 677 g/mol. The molecule has 6 rings (SSSR count). The number of nitrogens with zero attached hydrogens (tertiary/aromatic N) is 4. The molecule has 4 bridgehead atoms. The Morgan fingerprint density at radius 3 is 2.67 bits per heavy atom. The van der Waals surface area contributed by atoms with Crippen LogP contribution in [-0.2, 0) is 44.7 Å². The SMILES string of the molecule is CCOC(=O)CCc1cccc(C2(C)CCCC(C)(C)CS(=O)(=O)CCc3c(c(F)cc4[nH]cnc34)Oc3ccc(F)c(c3)-c3nc2nn3C)c1. The third kappa shape index (κ3) is 7.83. The molecule has 1 unspecified atom stereocenters. The molecule has 3 heterocycles. The molecule has 270 valence electrons. The number of rotatable bonds is 5. The summed E-state index contributed by atoms with van der Waals surface area (Å²) in [4.78, 5) is 24.3. The second kappa shape index (κ2) is 14.2. The molecule has 0 aliphatic carbocycles. The number of aromatic nitrogens is 5. The molecule has 0 amide bonds. The number of esters is 1. The number of imidazole rings is 1. The van der Waals surface area contributed by atoms with Gasteiger partial charge in [0.25, 0.3) is 0 Å². The Balaban J connectivity index is 1.47. The minimum Gasteiger partial charge on any atom is -0.466 e. The fourth-order valence-corrected chi connectivity index (χ4v) is 9.00. The molecule has 0 saturated heterocycles. The first-order chi connectivity index (χ1) is 24.2. The van der Waals surface area contributed by atoms with Gasteiger partial charge in [-0.05, 0) is 74.3 Å². The summed E-state index contributed by atoms with van der Waals surface area (Å²) in [5.74, 6) is -1.17. The monoisotopic (exact) mass is 719 g/mol. The molecule has 51 heavy (non-hydrogen) atoms. The summed E-state index contributed by atoms with van der Waals surface area (Å²) in [6.07, 6.45) is 3.90. The lowest BCUT2D eigenvalue weighted by molar-refractivity contribution is -0.143. The van der Waals surface area contributed by atoms with Gasteiger partial charge in [-0.1, -0.05) is 44.5 Å². The molecule has 10 nitrogen and oxygen atoms in total. The Labute approximate surface area is 296 Å². The van der Waals surface area contributed by atoms with E-state index in [0.717, 1.165) is 11.1 Å². The Morgan fingerprint density at radius 2 is 1.88 bits per heavy atom. The van der Waals surface area contributed by atoms with Gasteiger partial charge >= 0.3 is 5.97 Å². The van der Waals surface area contributed by atoms with Gasteiger partial charge < -0.3 is 14.5 Å². The van der Waals surface area contributed by atoms with Gasteiger partial charge in [0, 0.05) is 25.1 Å². The van der Waals surface area contributed by atoms with Gasteiger partial charge in [-0.25, -0.2) is 31.8 Å². The smallest absolute Gasteiger partial charge is 0.306 e. The molecule has 5 aromatic rings. The fourth-order valence-electron chi connectivity index (χ4n) is 7.00. The van der Waals surface area contributed by atoms with E-state index in [1.54, 1.807) is 14.0 Å². The van der Waals surface area contributed by atoms with Gasteiger partial charge in [0.15, 0.2) is 33.1 Å². The molecule has 1 aliphatic rings. The highest BCUT2D eigenvalue weighted by atomic mass is 32.2. The first-order valence-electron chi connectivity index (χ1n) is 17.2. The molecule has 1 aliphatic heterocycles. The predicted octanol–water partition coefficient (Wildman–Crippen LogP) is 7.40. The zero-order chi connectivity index (χ0) is 36.6. The van der Waals surface area contributed by atoms with Crippen molar-refractivity contribution in [3.63, 3.8) is 0 Å². The molecule has 0 saturated carbocycles. The number of ether oxygens (including phenoxy) is 2. The average molecular weight is 720 g/mol. The Hall–Kier alpha value is -4.65. The van der Waals surface area contributed by atoms with Gasteiger partial charge in [-0.2, -0.15) is 5.10 Å². The second-order valence-corrected chi connectivity index (χ2v) is 16.5. The van der Waals surface area contributed by atoms with E-state index in [0.29, 0.717) is 54.7 Å². The van der Waals surface area contributed by atoms with Crippen LogP contribution in [0.4, 0.5) is 8.78 Å². The largest absolute Gasteiger partial charge is 0.466 e. The first kappa shape index (κ1) is 36.2. The maximum absolute atomic E-state index is 15.7. The van der Waals surface area contributed by atoms with E-state index < -0.39 is 32.3 Å². The number of aryl methyl sites for hydroxylation is 3. The first-order valence-corrected chi connectivity index (χ1v) is 19.0. The van der Waals surface area contributed by atoms with Crippen molar-refractivity contribution in [3.05, 3.63) is 89.0 Å². The molecular formula is C38H43F2N5O5S. The molecule has 0 spiro atoms. The van der Waals surface area contributed by atoms with Crippen LogP contribution in [0.5, 0.6) is 11.5 Å². The van der Waals surface area contributed by atoms with Crippen LogP contribution in [-0.4, -0.2) is 57.2 Å². The van der Waals surface area contributed by atoms with Crippen LogP contribution < -0.4 is 4.74 Å². The van der Waals surface area contributed by atoms with E-state index in [4.69, 9.17) is 19.6 Å². The third-order valence-electron chi connectivity index (χ3n) is 9.66. The number of benzene rings is 3. The molecule has 0 fully saturated rings. The molecule has 1 atom stereocenters. The van der Waals surface area contributed by atoms with Crippen molar-refractivity contribution in [1.29, 1.82) is 0 Å². The van der Waals surface area contributed by atoms with Crippen molar-refractivity contribution in [2.24, 2.45) is 12.5 Å². The summed E-state index contributed by atoms with van der Waals surface area (Å²) in [6.45, 7) is 7.99. The van der Waals surface area contributed by atoms with Crippen molar-refractivity contribution in [2.75, 3.05) is 18.1 Å². The van der Waals surface area contributed by atoms with Gasteiger partial charge in [-0.3, -0.25) is 4.79 Å². The molecule has 1 N–H and O–H groups in total. The summed E-state index contributed by atoms with van der Waals surface area (Å²) in [6, 6.07) is 13.2. The van der Waals surface area contributed by atoms with Crippen molar-refractivity contribution in [1.82, 2.24) is 24.7 Å². The topological polar surface area (TPSA) is 129 Å². The molecule has 13 heteroatoms. The Morgan fingerprint density at radius 1 is 1.08 bits per heavy atom. The zero-order valence-electron chi connectivity index (χ0n) is 29.6. The number of sulfone groups is 1. The summed E-state index contributed by atoms with van der Waals surface area (Å²) in [5, 5.41) is 4.82. The van der Waals surface area contributed by atoms with Crippen LogP contribution in [0.2, 0.25) is 0 Å². The molecule has 0 radical (unpaired) electrons. The predicted molar refractivity (Wildman–Crippen MR) is 190 cm³/mol. The lowest BCUT2D eigenvalue weighted by atomic mass is 9.75. The summed E-state index contributed by atoms with van der Waals surface area (Å²) in [5.41, 5.74) is 1.73. The number of carbonyl (C=O) groups is 1. The summed E-state index contributed by atoms with van der Waals surface area (Å²) < 4.78 is 71.3. The van der Waals surface area contributed by atoms with Gasteiger partial charge in [0.1, 0.15) is 11.6 Å². The van der Waals surface area contributed by atoms with Gasteiger partial charge in [0.05, 0.1) is 46.5 Å². The van der Waals surface area contributed by atoms with E-state index >= 15 is 8.78 Å². The maximum atomic E-state index is 15.7. The van der Waals surface area contributed by atoms with Crippen molar-refractivity contribution < 1.29 is 31.5 Å². The van der Waals surface area contributed by atoms with Crippen LogP contribution in [0.1, 0.15) is 75.9 Å².